The number of hydrogen-bond acceptors (Lipinski definition) is 3. The van der Waals surface area contributed by atoms with Gasteiger partial charge in [0.2, 0.25) is 5.91 Å². The molecule has 1 aliphatic rings. The number of carbonyl (C=O) groups excluding carboxylic acids is 1. The molecule has 1 saturated carbocycles. The van der Waals surface area contributed by atoms with Gasteiger partial charge in [-0.25, -0.2) is 0 Å². The Morgan fingerprint density at radius 1 is 1.40 bits per heavy atom. The molecule has 1 aliphatic carbocycles. The number of para-hydroxylation sites is 1. The van der Waals surface area contributed by atoms with Crippen LogP contribution in [0.5, 0.6) is 0 Å². The minimum absolute atomic E-state index is 0. The standard InChI is InChI=1S/C15H23N3O.ClH/c1-18(14(11-16)12-7-8-12)10-9-15(19)17-13-5-3-2-4-6-13;/h2-6,12,14H,7-11,16H2,1H3,(H,17,19);1H. The number of nitrogens with zero attached hydrogens (tertiary/aromatic N) is 1. The number of nitrogens with one attached hydrogen (secondary N) is 1. The molecule has 0 aromatic heterocycles. The number of anilines is 1. The second kappa shape index (κ2) is 8.25. The molecule has 0 saturated heterocycles. The van der Waals surface area contributed by atoms with Crippen LogP contribution in [-0.2, 0) is 4.79 Å². The molecule has 0 bridgehead atoms. The summed E-state index contributed by atoms with van der Waals surface area (Å²) < 4.78 is 0. The average Bonchev–Trinajstić information content (AvgIpc) is 3.23. The zero-order chi connectivity index (χ0) is 13.7. The van der Waals surface area contributed by atoms with E-state index in [1.165, 1.54) is 12.8 Å². The lowest BCUT2D eigenvalue weighted by atomic mass is 10.1. The largest absolute Gasteiger partial charge is 0.329 e. The molecular weight excluding hydrogens is 274 g/mol. The molecule has 112 valence electrons. The zero-order valence-electron chi connectivity index (χ0n) is 11.9. The van der Waals surface area contributed by atoms with Gasteiger partial charge in [0, 0.05) is 31.2 Å². The third-order valence-corrected chi connectivity index (χ3v) is 3.72. The smallest absolute Gasteiger partial charge is 0.225 e. The summed E-state index contributed by atoms with van der Waals surface area (Å²) in [4.78, 5) is 14.1. The molecule has 1 unspecified atom stereocenters. The van der Waals surface area contributed by atoms with E-state index in [4.69, 9.17) is 5.73 Å². The van der Waals surface area contributed by atoms with Crippen molar-refractivity contribution in [1.29, 1.82) is 0 Å². The summed E-state index contributed by atoms with van der Waals surface area (Å²) >= 11 is 0. The summed E-state index contributed by atoms with van der Waals surface area (Å²) in [5, 5.41) is 2.90. The highest BCUT2D eigenvalue weighted by molar-refractivity contribution is 5.90. The van der Waals surface area contributed by atoms with Crippen LogP contribution in [-0.4, -0.2) is 37.0 Å². The van der Waals surface area contributed by atoms with Gasteiger partial charge < -0.3 is 16.0 Å². The third-order valence-electron chi connectivity index (χ3n) is 3.72. The van der Waals surface area contributed by atoms with Crippen LogP contribution < -0.4 is 11.1 Å². The van der Waals surface area contributed by atoms with Crippen LogP contribution in [0.25, 0.3) is 0 Å². The normalized spacial score (nSPS) is 15.6. The van der Waals surface area contributed by atoms with Crippen LogP contribution in [0.3, 0.4) is 0 Å². The molecule has 1 fully saturated rings. The first-order valence-corrected chi connectivity index (χ1v) is 6.96. The predicted molar refractivity (Wildman–Crippen MR) is 85.1 cm³/mol. The Bertz CT molecular complexity index is 409. The molecular formula is C15H24ClN3O. The van der Waals surface area contributed by atoms with Crippen LogP contribution in [0.15, 0.2) is 30.3 Å². The van der Waals surface area contributed by atoms with Crippen LogP contribution in [0.4, 0.5) is 5.69 Å². The van der Waals surface area contributed by atoms with Crippen LogP contribution in [0, 0.1) is 5.92 Å². The number of likely N-dealkylation sites (N-methyl/N-ethyl adjacent to an activating group) is 1. The van der Waals surface area contributed by atoms with Crippen molar-refractivity contribution in [2.24, 2.45) is 11.7 Å². The maximum absolute atomic E-state index is 11.8. The first-order valence-electron chi connectivity index (χ1n) is 6.96. The van der Waals surface area contributed by atoms with Crippen molar-refractivity contribution in [2.45, 2.75) is 25.3 Å². The molecule has 3 N–H and O–H groups in total. The molecule has 0 aliphatic heterocycles. The van der Waals surface area contributed by atoms with E-state index in [1.807, 2.05) is 30.3 Å². The topological polar surface area (TPSA) is 58.4 Å². The summed E-state index contributed by atoms with van der Waals surface area (Å²) in [6.45, 7) is 1.44. The predicted octanol–water partition coefficient (Wildman–Crippen LogP) is 2.11. The molecule has 1 amide bonds. The van der Waals surface area contributed by atoms with E-state index in [9.17, 15) is 4.79 Å². The quantitative estimate of drug-likeness (QED) is 0.810. The molecule has 1 atom stereocenters. The van der Waals surface area contributed by atoms with Crippen LogP contribution in [0.1, 0.15) is 19.3 Å². The Balaban J connectivity index is 0.00000200. The average molecular weight is 298 g/mol. The fraction of sp³-hybridized carbons (Fsp3) is 0.533. The third kappa shape index (κ3) is 5.12. The fourth-order valence-corrected chi connectivity index (χ4v) is 2.40. The molecule has 0 heterocycles. The number of halogens is 1. The lowest BCUT2D eigenvalue weighted by Crippen LogP contribution is -2.40. The summed E-state index contributed by atoms with van der Waals surface area (Å²) in [6, 6.07) is 10.00. The molecule has 2 rings (SSSR count). The maximum atomic E-state index is 11.8. The SMILES string of the molecule is CN(CCC(=O)Nc1ccccc1)C(CN)C1CC1.Cl. The maximum Gasteiger partial charge on any atom is 0.225 e. The fourth-order valence-electron chi connectivity index (χ4n) is 2.40. The lowest BCUT2D eigenvalue weighted by molar-refractivity contribution is -0.116. The number of hydrogen-bond donors (Lipinski definition) is 2. The van der Waals surface area contributed by atoms with Crippen molar-refractivity contribution in [3.05, 3.63) is 30.3 Å². The highest BCUT2D eigenvalue weighted by atomic mass is 35.5. The summed E-state index contributed by atoms with van der Waals surface area (Å²) in [7, 11) is 2.06. The molecule has 5 heteroatoms. The van der Waals surface area contributed by atoms with E-state index in [0.717, 1.165) is 18.2 Å². The van der Waals surface area contributed by atoms with Crippen molar-refractivity contribution in [1.82, 2.24) is 4.90 Å². The van der Waals surface area contributed by atoms with E-state index >= 15 is 0 Å². The minimum atomic E-state index is 0. The highest BCUT2D eigenvalue weighted by Gasteiger charge is 2.32. The van der Waals surface area contributed by atoms with Gasteiger partial charge in [-0.1, -0.05) is 18.2 Å². The first-order chi connectivity index (χ1) is 9.20. The zero-order valence-corrected chi connectivity index (χ0v) is 12.7. The Morgan fingerprint density at radius 2 is 2.05 bits per heavy atom. The van der Waals surface area contributed by atoms with Gasteiger partial charge in [-0.3, -0.25) is 4.79 Å². The van der Waals surface area contributed by atoms with Gasteiger partial charge in [0.1, 0.15) is 0 Å². The number of carbonyl (C=O) groups is 1. The van der Waals surface area contributed by atoms with Crippen molar-refractivity contribution >= 4 is 24.0 Å². The van der Waals surface area contributed by atoms with Gasteiger partial charge >= 0.3 is 0 Å². The number of rotatable bonds is 7. The highest BCUT2D eigenvalue weighted by Crippen LogP contribution is 2.34. The molecule has 0 radical (unpaired) electrons. The Labute approximate surface area is 127 Å². The first kappa shape index (κ1) is 17.0. The summed E-state index contributed by atoms with van der Waals surface area (Å²) in [6.07, 6.45) is 3.07. The molecule has 1 aromatic rings. The monoisotopic (exact) mass is 297 g/mol. The molecule has 0 spiro atoms. The van der Waals surface area contributed by atoms with E-state index in [2.05, 4.69) is 17.3 Å². The summed E-state index contributed by atoms with van der Waals surface area (Å²) in [5.74, 6) is 0.803. The number of amides is 1. The molecule has 1 aromatic carbocycles. The Kier molecular flexibility index (Phi) is 6.99. The van der Waals surface area contributed by atoms with Crippen LogP contribution in [0.2, 0.25) is 0 Å². The van der Waals surface area contributed by atoms with Crippen molar-refractivity contribution in [2.75, 3.05) is 25.5 Å². The van der Waals surface area contributed by atoms with Crippen molar-refractivity contribution in [3.63, 3.8) is 0 Å². The Morgan fingerprint density at radius 3 is 2.60 bits per heavy atom. The second-order valence-electron chi connectivity index (χ2n) is 5.29. The van der Waals surface area contributed by atoms with Gasteiger partial charge in [0.15, 0.2) is 0 Å². The van der Waals surface area contributed by atoms with Gasteiger partial charge in [0.05, 0.1) is 0 Å². The second-order valence-corrected chi connectivity index (χ2v) is 5.29. The van der Waals surface area contributed by atoms with Gasteiger partial charge in [-0.2, -0.15) is 0 Å². The van der Waals surface area contributed by atoms with Crippen molar-refractivity contribution in [3.8, 4) is 0 Å². The van der Waals surface area contributed by atoms with Gasteiger partial charge in [-0.05, 0) is 37.9 Å². The minimum Gasteiger partial charge on any atom is -0.329 e. The molecule has 20 heavy (non-hydrogen) atoms. The van der Waals surface area contributed by atoms with Crippen molar-refractivity contribution < 1.29 is 4.79 Å². The van der Waals surface area contributed by atoms with E-state index < -0.39 is 0 Å². The van der Waals surface area contributed by atoms with E-state index in [1.54, 1.807) is 0 Å². The number of benzene rings is 1. The summed E-state index contributed by atoms with van der Waals surface area (Å²) in [5.41, 5.74) is 6.66. The Hall–Kier alpha value is -1.10. The van der Waals surface area contributed by atoms with E-state index in [-0.39, 0.29) is 18.3 Å². The van der Waals surface area contributed by atoms with Gasteiger partial charge in [-0.15, -0.1) is 12.4 Å². The van der Waals surface area contributed by atoms with Crippen LogP contribution >= 0.6 is 12.4 Å². The number of nitrogens with two attached hydrogens (primary N) is 1. The lowest BCUT2D eigenvalue weighted by Gasteiger charge is -2.26. The molecule has 4 nitrogen and oxygen atoms in total. The van der Waals surface area contributed by atoms with E-state index in [0.29, 0.717) is 19.0 Å². The van der Waals surface area contributed by atoms with Gasteiger partial charge in [0.25, 0.3) is 0 Å².